The predicted molar refractivity (Wildman–Crippen MR) is 368 cm³/mol. The first kappa shape index (κ1) is 70.1. The van der Waals surface area contributed by atoms with Gasteiger partial charge in [-0.3, -0.25) is 0 Å². The standard InChI is InChI=1S/C70H86N4O4.2C5H9NO2/c1-67(2,3)59-37-51-33-55-41-61(69(7,8)9)43-57(65(55)77-45-49-21-17-15-18-22-49)35-53-39-60(68(4,5)6)40-54(64(53)76-32-30-74-28-26-72(14)48-74)36-58-44-62(70(10,11)12)42-56(66(58)78-46-50-23-19-16-20-24-50)34-52(38-59)63(51)75-31-29-73-27-25-71(13)47-73;2*7-5(8)4-2-1-3-6-4/h15-28,37-44,47-48H,29-36,45-46H2,1-14H3;2*4,6H,1-3H2,(H,7,8)/q+2;;/p-2/t;2*4-/m.00/s1. The second kappa shape index (κ2) is 30.5. The van der Waals surface area contributed by atoms with E-state index in [9.17, 15) is 19.8 Å². The quantitative estimate of drug-likeness (QED) is 0.0892. The number of hydrogen-bond donors (Lipinski definition) is 2. The summed E-state index contributed by atoms with van der Waals surface area (Å²) in [7, 11) is 4.12. The van der Waals surface area contributed by atoms with Gasteiger partial charge in [-0.1, -0.05) is 192 Å². The number of fused-ring (bicyclic) bond motifs is 8. The van der Waals surface area contributed by atoms with E-state index in [2.05, 4.69) is 273 Å². The highest BCUT2D eigenvalue weighted by molar-refractivity contribution is 5.72. The molecule has 2 saturated heterocycles. The largest absolute Gasteiger partial charge is 0.548 e. The van der Waals surface area contributed by atoms with Gasteiger partial charge in [0.05, 0.1) is 26.0 Å². The van der Waals surface area contributed by atoms with Crippen molar-refractivity contribution in [3.05, 3.63) is 225 Å². The Morgan fingerprint density at radius 1 is 0.447 bits per heavy atom. The molecule has 6 aromatic carbocycles. The van der Waals surface area contributed by atoms with Crippen LogP contribution >= 0.6 is 0 Å². The summed E-state index contributed by atoms with van der Waals surface area (Å²) in [5.41, 5.74) is 15.7. The van der Waals surface area contributed by atoms with Crippen molar-refractivity contribution in [2.45, 2.75) is 194 Å². The SMILES string of the molecule is C[n+]1ccn(CCOc2c3cc(C(C)(C)C)cc2Cc2cc(C(C)(C)C)cc(c2OCc2ccccc2)Cc2cc(C(C)(C)C)cc(c2OCCn2cc[n+](C)c2)Cc2cc(C(C)(C)C)cc(c2OCc2ccccc2)C3)c1.O=C([O-])[C@@H]1CCCN1.O=C([O-])[C@@H]1CCCN1. The summed E-state index contributed by atoms with van der Waals surface area (Å²) in [5.74, 6) is 1.74. The number of benzene rings is 6. The molecule has 500 valence electrons. The zero-order chi connectivity index (χ0) is 67.5. The lowest BCUT2D eigenvalue weighted by Gasteiger charge is -2.29. The fourth-order valence-electron chi connectivity index (χ4n) is 12.4. The van der Waals surface area contributed by atoms with E-state index in [0.29, 0.717) is 65.2 Å². The van der Waals surface area contributed by atoms with Crippen molar-refractivity contribution < 1.29 is 47.9 Å². The van der Waals surface area contributed by atoms with Crippen LogP contribution in [0.2, 0.25) is 0 Å². The average molecular weight is 1280 g/mol. The molecule has 2 fully saturated rings. The molecule has 2 aliphatic heterocycles. The highest BCUT2D eigenvalue weighted by atomic mass is 16.5. The highest BCUT2D eigenvalue weighted by Gasteiger charge is 2.30. The minimum Gasteiger partial charge on any atom is -0.548 e. The summed E-state index contributed by atoms with van der Waals surface area (Å²) in [6.07, 6.45) is 18.4. The number of carboxylic acid groups (broad SMARTS) is 2. The second-order valence-electron chi connectivity index (χ2n) is 30.0. The van der Waals surface area contributed by atoms with Crippen LogP contribution < -0.4 is 48.9 Å². The lowest BCUT2D eigenvalue weighted by molar-refractivity contribution is -0.671. The third-order valence-electron chi connectivity index (χ3n) is 17.9. The zero-order valence-corrected chi connectivity index (χ0v) is 58.4. The monoisotopic (exact) mass is 1270 g/mol. The molecule has 1 aliphatic carbocycles. The summed E-state index contributed by atoms with van der Waals surface area (Å²) in [5, 5.41) is 25.6. The number of carboxylic acids is 2. The predicted octanol–water partition coefficient (Wildman–Crippen LogP) is 11.1. The van der Waals surface area contributed by atoms with Gasteiger partial charge in [-0.2, -0.15) is 0 Å². The fraction of sp³-hybridized carbons (Fsp3) is 0.450. The van der Waals surface area contributed by atoms with E-state index < -0.39 is 11.9 Å². The molecule has 8 aromatic rings. The average Bonchev–Trinajstić information content (AvgIpc) is 0.954. The van der Waals surface area contributed by atoms with Gasteiger partial charge in [0.2, 0.25) is 12.7 Å². The number of nitrogens with zero attached hydrogens (tertiary/aromatic N) is 4. The van der Waals surface area contributed by atoms with Crippen molar-refractivity contribution in [2.24, 2.45) is 14.1 Å². The lowest BCUT2D eigenvalue weighted by Crippen LogP contribution is -2.41. The van der Waals surface area contributed by atoms with Gasteiger partial charge in [0.1, 0.15) is 87.3 Å². The first-order chi connectivity index (χ1) is 44.5. The summed E-state index contributed by atoms with van der Waals surface area (Å²) < 4.78 is 37.8. The van der Waals surface area contributed by atoms with Crippen LogP contribution in [0.25, 0.3) is 0 Å². The van der Waals surface area contributed by atoms with E-state index in [1.165, 1.54) is 22.3 Å². The molecular formula is C80H102N6O8. The molecule has 2 atom stereocenters. The van der Waals surface area contributed by atoms with Crippen molar-refractivity contribution in [1.82, 2.24) is 19.8 Å². The molecule has 3 aliphatic rings. The van der Waals surface area contributed by atoms with Gasteiger partial charge in [-0.05, 0) is 138 Å². The van der Waals surface area contributed by atoms with Crippen LogP contribution in [-0.4, -0.2) is 59.5 Å². The topological polar surface area (TPSA) is 159 Å². The number of aromatic nitrogens is 4. The maximum absolute atomic E-state index is 10.0. The number of ether oxygens (including phenoxy) is 4. The van der Waals surface area contributed by atoms with Crippen molar-refractivity contribution in [3.63, 3.8) is 0 Å². The molecule has 4 heterocycles. The van der Waals surface area contributed by atoms with E-state index in [0.717, 1.165) is 117 Å². The Morgan fingerprint density at radius 2 is 0.723 bits per heavy atom. The zero-order valence-electron chi connectivity index (χ0n) is 58.4. The summed E-state index contributed by atoms with van der Waals surface area (Å²) in [6.45, 7) is 32.8. The van der Waals surface area contributed by atoms with Gasteiger partial charge in [-0.25, -0.2) is 18.3 Å². The maximum Gasteiger partial charge on any atom is 0.243 e. The maximum atomic E-state index is 10.0. The summed E-state index contributed by atoms with van der Waals surface area (Å²) in [4.78, 5) is 20.1. The van der Waals surface area contributed by atoms with Crippen molar-refractivity contribution in [3.8, 4) is 23.0 Å². The molecule has 2 aromatic heterocycles. The van der Waals surface area contributed by atoms with Crippen molar-refractivity contribution in [1.29, 1.82) is 0 Å². The van der Waals surface area contributed by atoms with Crippen molar-refractivity contribution in [2.75, 3.05) is 26.3 Å². The fourth-order valence-corrected chi connectivity index (χ4v) is 12.4. The van der Waals surface area contributed by atoms with E-state index in [-0.39, 0.29) is 33.7 Å². The van der Waals surface area contributed by atoms with E-state index >= 15 is 0 Å². The number of imidazole rings is 2. The number of aliphatic carboxylic acids is 2. The smallest absolute Gasteiger partial charge is 0.243 e. The van der Waals surface area contributed by atoms with Gasteiger partial charge in [0.25, 0.3) is 0 Å². The van der Waals surface area contributed by atoms with Gasteiger partial charge < -0.3 is 49.4 Å². The van der Waals surface area contributed by atoms with E-state index in [1.54, 1.807) is 0 Å². The molecule has 14 heteroatoms. The number of carbonyl (C=O) groups is 2. The number of carbonyl (C=O) groups excluding carboxylic acids is 2. The van der Waals surface area contributed by atoms with Crippen LogP contribution in [-0.2, 0) is 97.3 Å². The molecule has 0 radical (unpaired) electrons. The first-order valence-corrected chi connectivity index (χ1v) is 33.7. The molecule has 94 heavy (non-hydrogen) atoms. The molecule has 0 unspecified atom stereocenters. The van der Waals surface area contributed by atoms with Crippen LogP contribution in [0.5, 0.6) is 23.0 Å². The minimum atomic E-state index is -0.970. The van der Waals surface area contributed by atoms with Gasteiger partial charge in [-0.15, -0.1) is 0 Å². The van der Waals surface area contributed by atoms with Gasteiger partial charge >= 0.3 is 0 Å². The number of hydrogen-bond acceptors (Lipinski definition) is 10. The van der Waals surface area contributed by atoms with E-state index in [4.69, 9.17) is 18.9 Å². The normalized spacial score (nSPS) is 15.7. The molecule has 8 bridgehead atoms. The minimum absolute atomic E-state index is 0.165. The summed E-state index contributed by atoms with van der Waals surface area (Å²) in [6, 6.07) is 39.7. The van der Waals surface area contributed by atoms with Crippen LogP contribution in [0.1, 0.15) is 187 Å². The molecule has 0 saturated carbocycles. The summed E-state index contributed by atoms with van der Waals surface area (Å²) >= 11 is 0. The van der Waals surface area contributed by atoms with Gasteiger partial charge in [0.15, 0.2) is 0 Å². The van der Waals surface area contributed by atoms with Gasteiger partial charge in [0, 0.05) is 37.8 Å². The molecular weight excluding hydrogens is 1170 g/mol. The van der Waals surface area contributed by atoms with Crippen LogP contribution in [0, 0.1) is 0 Å². The number of aryl methyl sites for hydroxylation is 2. The Kier molecular flexibility index (Phi) is 22.7. The van der Waals surface area contributed by atoms with Crippen LogP contribution in [0.15, 0.2) is 147 Å². The Labute approximate surface area is 559 Å². The number of rotatable bonds is 16. The van der Waals surface area contributed by atoms with E-state index in [1.807, 2.05) is 0 Å². The van der Waals surface area contributed by atoms with Crippen LogP contribution in [0.3, 0.4) is 0 Å². The molecule has 11 rings (SSSR count). The number of nitrogens with one attached hydrogen (secondary N) is 2. The van der Waals surface area contributed by atoms with Crippen LogP contribution in [0.4, 0.5) is 0 Å². The highest BCUT2D eigenvalue weighted by Crippen LogP contribution is 2.45. The first-order valence-electron chi connectivity index (χ1n) is 33.7. The Bertz CT molecular complexity index is 3500. The molecule has 14 nitrogen and oxygen atoms in total. The third kappa shape index (κ3) is 19.0. The third-order valence-corrected chi connectivity index (χ3v) is 17.9. The second-order valence-corrected chi connectivity index (χ2v) is 30.0. The van der Waals surface area contributed by atoms with Crippen molar-refractivity contribution >= 4 is 11.9 Å². The Hall–Kier alpha value is -8.20. The molecule has 0 spiro atoms. The Balaban J connectivity index is 0.000000567. The lowest BCUT2D eigenvalue weighted by atomic mass is 9.79. The molecule has 0 amide bonds. The molecule has 2 N–H and O–H groups in total. The Morgan fingerprint density at radius 3 is 0.936 bits per heavy atom.